The fourth-order valence-electron chi connectivity index (χ4n) is 23.9. The van der Waals surface area contributed by atoms with Gasteiger partial charge in [-0.15, -0.1) is 0 Å². The second-order valence-corrected chi connectivity index (χ2v) is 32.9. The summed E-state index contributed by atoms with van der Waals surface area (Å²) in [6, 6.07) is 9.96. The van der Waals surface area contributed by atoms with Gasteiger partial charge in [-0.3, -0.25) is 19.6 Å². The lowest BCUT2D eigenvalue weighted by Gasteiger charge is -2.69. The zero-order chi connectivity index (χ0) is 52.2. The molecular formula is C72H126N4. The summed E-state index contributed by atoms with van der Waals surface area (Å²) in [4.78, 5) is 14.3. The Morgan fingerprint density at radius 2 is 0.395 bits per heavy atom. The van der Waals surface area contributed by atoms with Crippen molar-refractivity contribution in [3.63, 3.8) is 0 Å². The maximum Gasteiger partial charge on any atom is 0.0147 e. The molecule has 4 heteroatoms. The molecule has 12 fully saturated rings. The summed E-state index contributed by atoms with van der Waals surface area (Å²) in [7, 11) is 0. The van der Waals surface area contributed by atoms with E-state index < -0.39 is 0 Å². The summed E-state index contributed by atoms with van der Waals surface area (Å²) < 4.78 is 0. The summed E-state index contributed by atoms with van der Waals surface area (Å²) >= 11 is 0. The average Bonchev–Trinajstić information content (AvgIpc) is 3.47. The first kappa shape index (κ1) is 56.3. The van der Waals surface area contributed by atoms with E-state index >= 15 is 0 Å². The molecule has 0 radical (unpaired) electrons. The van der Waals surface area contributed by atoms with Gasteiger partial charge in [0.15, 0.2) is 0 Å². The molecule has 0 aromatic carbocycles. The van der Waals surface area contributed by atoms with E-state index in [0.29, 0.717) is 0 Å². The molecule has 0 aliphatic heterocycles. The molecular weight excluding hydrogens is 921 g/mol. The van der Waals surface area contributed by atoms with Crippen LogP contribution in [0.4, 0.5) is 0 Å². The van der Waals surface area contributed by atoms with Crippen molar-refractivity contribution in [3.05, 3.63) is 0 Å². The van der Waals surface area contributed by atoms with Crippen LogP contribution in [0, 0.1) is 82.9 Å². The summed E-state index contributed by atoms with van der Waals surface area (Å²) in [5.74, 6) is 12.9. The summed E-state index contributed by atoms with van der Waals surface area (Å²) in [5.41, 5.74) is 0. The predicted molar refractivity (Wildman–Crippen MR) is 323 cm³/mol. The van der Waals surface area contributed by atoms with E-state index in [1.54, 1.807) is 38.5 Å². The quantitative estimate of drug-likeness (QED) is 0.193. The van der Waals surface area contributed by atoms with E-state index in [-0.39, 0.29) is 0 Å². The van der Waals surface area contributed by atoms with E-state index in [2.05, 4.69) is 75.0 Å². The van der Waals surface area contributed by atoms with E-state index in [1.165, 1.54) is 205 Å². The molecule has 0 aromatic heterocycles. The van der Waals surface area contributed by atoms with Crippen LogP contribution in [0.5, 0.6) is 0 Å². The van der Waals surface area contributed by atoms with Crippen LogP contribution in [0.1, 0.15) is 299 Å². The van der Waals surface area contributed by atoms with Gasteiger partial charge in [0, 0.05) is 72.5 Å². The first-order chi connectivity index (χ1) is 36.9. The van der Waals surface area contributed by atoms with Gasteiger partial charge in [0.05, 0.1) is 0 Å². The van der Waals surface area contributed by atoms with Crippen molar-refractivity contribution in [1.29, 1.82) is 0 Å². The van der Waals surface area contributed by atoms with Gasteiger partial charge >= 0.3 is 0 Å². The molecule has 12 saturated carbocycles. The Balaban J connectivity index is 1.01. The van der Waals surface area contributed by atoms with Gasteiger partial charge in [-0.05, 0) is 275 Å². The average molecular weight is 1050 g/mol. The molecule has 0 aromatic rings. The standard InChI is InChI=1S/C72H126N4/c1-47-21-29-55(30-22-47)73(59-17-9-13-51(5)41-59)67-45-68(74(56-31-23-48(2)24-32-56)60-18-10-14-52(6)42-60)64-39-40-66-70(76(58-35-27-50(4)28-36-58)62-20-12-16-54(8)44-62)46-69(65-38-37-63(67)71(64)72(65)66)75(57-33-25-49(3)26-34-57)61-19-11-15-53(7)43-61/h47-72H,9-46H2,1-8H3. The first-order valence-corrected chi connectivity index (χ1v) is 36.0. The normalized spacial score (nSPS) is 50.7. The van der Waals surface area contributed by atoms with Gasteiger partial charge in [-0.2, -0.15) is 0 Å². The smallest absolute Gasteiger partial charge is 0.0147 e. The number of hydrogen-bond acceptors (Lipinski definition) is 4. The highest BCUT2D eigenvalue weighted by Gasteiger charge is 2.64. The topological polar surface area (TPSA) is 13.0 Å². The van der Waals surface area contributed by atoms with Gasteiger partial charge in [0.1, 0.15) is 0 Å². The summed E-state index contributed by atoms with van der Waals surface area (Å²) in [5, 5.41) is 0. The second-order valence-electron chi connectivity index (χ2n) is 32.9. The Morgan fingerprint density at radius 3 is 0.592 bits per heavy atom. The highest BCUT2D eigenvalue weighted by atomic mass is 15.3. The van der Waals surface area contributed by atoms with Crippen LogP contribution >= 0.6 is 0 Å². The van der Waals surface area contributed by atoms with Crippen LogP contribution in [0.25, 0.3) is 0 Å². The number of hydrogen-bond donors (Lipinski definition) is 0. The van der Waals surface area contributed by atoms with Crippen LogP contribution in [-0.4, -0.2) is 92.1 Å². The van der Waals surface area contributed by atoms with Crippen molar-refractivity contribution in [3.8, 4) is 0 Å². The fourth-order valence-corrected chi connectivity index (χ4v) is 23.9. The molecule has 12 aliphatic carbocycles. The van der Waals surface area contributed by atoms with Crippen LogP contribution in [-0.2, 0) is 0 Å². The Hall–Kier alpha value is -0.160. The molecule has 0 bridgehead atoms. The first-order valence-electron chi connectivity index (χ1n) is 36.0. The van der Waals surface area contributed by atoms with Gasteiger partial charge < -0.3 is 0 Å². The number of rotatable bonds is 12. The molecule has 0 spiro atoms. The maximum atomic E-state index is 3.57. The lowest BCUT2D eigenvalue weighted by molar-refractivity contribution is -0.197. The Labute approximate surface area is 472 Å². The number of nitrogens with zero attached hydrogens (tertiary/aromatic N) is 4. The van der Waals surface area contributed by atoms with Crippen LogP contribution in [0.15, 0.2) is 0 Å². The van der Waals surface area contributed by atoms with Crippen LogP contribution < -0.4 is 0 Å². The maximum absolute atomic E-state index is 3.57. The van der Waals surface area contributed by atoms with E-state index in [9.17, 15) is 0 Å². The van der Waals surface area contributed by atoms with E-state index in [4.69, 9.17) is 0 Å². The Morgan fingerprint density at radius 1 is 0.184 bits per heavy atom. The minimum Gasteiger partial charge on any atom is -0.294 e. The largest absolute Gasteiger partial charge is 0.294 e. The van der Waals surface area contributed by atoms with Crippen LogP contribution in [0.2, 0.25) is 0 Å². The van der Waals surface area contributed by atoms with Gasteiger partial charge in [0.2, 0.25) is 0 Å². The van der Waals surface area contributed by atoms with Gasteiger partial charge in [-0.1, -0.05) is 107 Å². The zero-order valence-corrected chi connectivity index (χ0v) is 51.7. The van der Waals surface area contributed by atoms with E-state index in [1.807, 2.05) is 0 Å². The SMILES string of the molecule is CC1CCC(N(C2CCCC(C)C2)C2CC(N(C3CCC(C)CC3)C3CCCC(C)C3)C3CCC4C5C(CCC2C35)C(N(C2CCC(C)CC2)C2CCCC(C)C2)CC4N(C2CCC(C)CC2)C2CCCC(C)C2)CC1. The summed E-state index contributed by atoms with van der Waals surface area (Å²) in [6.07, 6.45) is 57.3. The minimum atomic E-state index is 0.815. The second kappa shape index (κ2) is 25.0. The molecule has 16 atom stereocenters. The highest BCUT2D eigenvalue weighted by molar-refractivity contribution is 5.17. The molecule has 434 valence electrons. The molecule has 0 amide bonds. The highest BCUT2D eigenvalue weighted by Crippen LogP contribution is 2.65. The fraction of sp³-hybridized carbons (Fsp3) is 1.00. The molecule has 76 heavy (non-hydrogen) atoms. The molecule has 12 rings (SSSR count). The van der Waals surface area contributed by atoms with Gasteiger partial charge in [0.25, 0.3) is 0 Å². The van der Waals surface area contributed by atoms with Crippen molar-refractivity contribution in [1.82, 2.24) is 19.6 Å². The van der Waals surface area contributed by atoms with Crippen molar-refractivity contribution in [2.75, 3.05) is 0 Å². The molecule has 0 heterocycles. The van der Waals surface area contributed by atoms with Crippen LogP contribution in [0.3, 0.4) is 0 Å². The van der Waals surface area contributed by atoms with Gasteiger partial charge in [-0.25, -0.2) is 0 Å². The molecule has 4 nitrogen and oxygen atoms in total. The zero-order valence-electron chi connectivity index (χ0n) is 51.7. The third kappa shape index (κ3) is 11.8. The third-order valence-corrected chi connectivity index (χ3v) is 27.5. The van der Waals surface area contributed by atoms with Crippen molar-refractivity contribution >= 4 is 0 Å². The predicted octanol–water partition coefficient (Wildman–Crippen LogP) is 18.4. The lowest BCUT2D eigenvalue weighted by atomic mass is 9.44. The van der Waals surface area contributed by atoms with Crippen molar-refractivity contribution in [2.45, 2.75) is 372 Å². The third-order valence-electron chi connectivity index (χ3n) is 27.5. The lowest BCUT2D eigenvalue weighted by Crippen LogP contribution is -2.72. The molecule has 12 aliphatic rings. The Bertz CT molecular complexity index is 1530. The van der Waals surface area contributed by atoms with Crippen molar-refractivity contribution in [2.24, 2.45) is 82.9 Å². The van der Waals surface area contributed by atoms with E-state index in [0.717, 1.165) is 155 Å². The summed E-state index contributed by atoms with van der Waals surface area (Å²) in [6.45, 7) is 21.2. The Kier molecular flexibility index (Phi) is 18.5. The monoisotopic (exact) mass is 1050 g/mol. The molecule has 0 N–H and O–H groups in total. The molecule has 0 saturated heterocycles. The molecule has 16 unspecified atom stereocenters. The minimum absolute atomic E-state index is 0.815. The van der Waals surface area contributed by atoms with Crippen molar-refractivity contribution < 1.29 is 0 Å².